The number of carbonyl (C=O) groups is 3. The zero-order valence-corrected chi connectivity index (χ0v) is 12.5. The molecule has 0 aromatic rings. The standard InChI is InChI=1S/C6H10O3.C4H6O2.C3H7NO2/c1-5(2)6(8)9-4-3-7;1-3(2)4(5)6;1-2-6-3(4)5/h7H,1,3-4H2,2H3;1H2,2H3,(H,5,6);2H2,1H3,(H2,4,5). The number of carboxylic acid groups (broad SMARTS) is 1. The summed E-state index contributed by atoms with van der Waals surface area (Å²) < 4.78 is 8.64. The summed E-state index contributed by atoms with van der Waals surface area (Å²) in [5.41, 5.74) is 5.07. The fourth-order valence-corrected chi connectivity index (χ4v) is 0.404. The van der Waals surface area contributed by atoms with Crippen molar-refractivity contribution in [3.05, 3.63) is 24.3 Å². The number of aliphatic hydroxyl groups excluding tert-OH is 1. The van der Waals surface area contributed by atoms with Gasteiger partial charge in [-0.15, -0.1) is 0 Å². The van der Waals surface area contributed by atoms with Crippen LogP contribution in [0.1, 0.15) is 20.8 Å². The minimum atomic E-state index is -0.935. The number of amides is 1. The van der Waals surface area contributed by atoms with E-state index in [2.05, 4.69) is 28.4 Å². The molecule has 21 heavy (non-hydrogen) atoms. The van der Waals surface area contributed by atoms with E-state index in [4.69, 9.17) is 10.2 Å². The van der Waals surface area contributed by atoms with Crippen LogP contribution in [0.3, 0.4) is 0 Å². The Balaban J connectivity index is -0.000000240. The molecule has 8 heteroatoms. The molecule has 0 heterocycles. The maximum absolute atomic E-state index is 10.5. The van der Waals surface area contributed by atoms with Crippen LogP contribution in [0.25, 0.3) is 0 Å². The quantitative estimate of drug-likeness (QED) is 0.505. The largest absolute Gasteiger partial charge is 0.478 e. The third-order valence-corrected chi connectivity index (χ3v) is 1.32. The van der Waals surface area contributed by atoms with Crippen molar-refractivity contribution in [3.8, 4) is 0 Å². The predicted octanol–water partition coefficient (Wildman–Crippen LogP) is 0.847. The van der Waals surface area contributed by atoms with Crippen LogP contribution in [0.4, 0.5) is 4.79 Å². The molecule has 0 aromatic carbocycles. The van der Waals surface area contributed by atoms with Gasteiger partial charge < -0.3 is 25.4 Å². The molecule has 0 rings (SSSR count). The molecule has 4 N–H and O–H groups in total. The van der Waals surface area contributed by atoms with Gasteiger partial charge in [0.1, 0.15) is 6.61 Å². The summed E-state index contributed by atoms with van der Waals surface area (Å²) in [6.45, 7) is 11.5. The number of ether oxygens (including phenoxy) is 2. The predicted molar refractivity (Wildman–Crippen MR) is 76.5 cm³/mol. The van der Waals surface area contributed by atoms with Crippen LogP contribution in [-0.2, 0) is 19.1 Å². The summed E-state index contributed by atoms with van der Waals surface area (Å²) in [5.74, 6) is -1.39. The number of rotatable bonds is 5. The highest BCUT2D eigenvalue weighted by Gasteiger charge is 1.99. The molecule has 0 aliphatic rings. The number of primary amides is 1. The zero-order valence-electron chi connectivity index (χ0n) is 12.5. The van der Waals surface area contributed by atoms with Crippen LogP contribution < -0.4 is 5.73 Å². The second kappa shape index (κ2) is 15.7. The lowest BCUT2D eigenvalue weighted by molar-refractivity contribution is -0.140. The summed E-state index contributed by atoms with van der Waals surface area (Å²) in [4.78, 5) is 29.7. The van der Waals surface area contributed by atoms with E-state index in [1.165, 1.54) is 6.92 Å². The van der Waals surface area contributed by atoms with Gasteiger partial charge in [-0.05, 0) is 20.8 Å². The van der Waals surface area contributed by atoms with E-state index in [0.717, 1.165) is 0 Å². The average Bonchev–Trinajstić information content (AvgIpc) is 2.36. The summed E-state index contributed by atoms with van der Waals surface area (Å²) in [5, 5.41) is 16.1. The lowest BCUT2D eigenvalue weighted by atomic mass is 10.4. The minimum Gasteiger partial charge on any atom is -0.478 e. The van der Waals surface area contributed by atoms with Gasteiger partial charge in [0, 0.05) is 11.1 Å². The van der Waals surface area contributed by atoms with E-state index in [1.54, 1.807) is 13.8 Å². The van der Waals surface area contributed by atoms with Gasteiger partial charge in [-0.1, -0.05) is 13.2 Å². The van der Waals surface area contributed by atoms with Crippen LogP contribution >= 0.6 is 0 Å². The third-order valence-electron chi connectivity index (χ3n) is 1.32. The van der Waals surface area contributed by atoms with Crippen LogP contribution in [0.15, 0.2) is 24.3 Å². The number of esters is 1. The van der Waals surface area contributed by atoms with E-state index in [9.17, 15) is 14.4 Å². The summed E-state index contributed by atoms with van der Waals surface area (Å²) in [6, 6.07) is 0. The van der Waals surface area contributed by atoms with Crippen molar-refractivity contribution in [1.29, 1.82) is 0 Å². The fraction of sp³-hybridized carbons (Fsp3) is 0.462. The van der Waals surface area contributed by atoms with Crippen LogP contribution in [-0.4, -0.2) is 48.1 Å². The van der Waals surface area contributed by atoms with Gasteiger partial charge >= 0.3 is 18.0 Å². The van der Waals surface area contributed by atoms with Crippen LogP contribution in [0, 0.1) is 0 Å². The Hall–Kier alpha value is -2.35. The summed E-state index contributed by atoms with van der Waals surface area (Å²) in [6.07, 6.45) is -0.711. The van der Waals surface area contributed by atoms with Crippen molar-refractivity contribution in [1.82, 2.24) is 0 Å². The van der Waals surface area contributed by atoms with Crippen molar-refractivity contribution in [2.45, 2.75) is 20.8 Å². The number of aliphatic carboxylic acids is 1. The van der Waals surface area contributed by atoms with Gasteiger partial charge in [0.25, 0.3) is 0 Å². The van der Waals surface area contributed by atoms with E-state index < -0.39 is 18.0 Å². The normalized spacial score (nSPS) is 8.00. The number of carbonyl (C=O) groups excluding carboxylic acids is 2. The number of hydrogen-bond donors (Lipinski definition) is 3. The maximum Gasteiger partial charge on any atom is 0.404 e. The SMILES string of the molecule is C=C(C)C(=O)O.C=C(C)C(=O)OCCO.CCOC(N)=O. The van der Waals surface area contributed by atoms with Crippen molar-refractivity contribution in [2.24, 2.45) is 5.73 Å². The number of nitrogens with two attached hydrogens (primary N) is 1. The Morgan fingerprint density at radius 1 is 1.10 bits per heavy atom. The zero-order chi connectivity index (χ0) is 17.4. The van der Waals surface area contributed by atoms with E-state index in [0.29, 0.717) is 12.2 Å². The van der Waals surface area contributed by atoms with E-state index >= 15 is 0 Å². The molecule has 0 atom stereocenters. The molecule has 8 nitrogen and oxygen atoms in total. The average molecular weight is 305 g/mol. The molecule has 0 fully saturated rings. The van der Waals surface area contributed by atoms with Crippen molar-refractivity contribution in [3.63, 3.8) is 0 Å². The first-order chi connectivity index (χ1) is 9.59. The van der Waals surface area contributed by atoms with Crippen molar-refractivity contribution >= 4 is 18.0 Å². The Morgan fingerprint density at radius 2 is 1.52 bits per heavy atom. The molecule has 0 saturated heterocycles. The Morgan fingerprint density at radius 3 is 1.67 bits per heavy atom. The molecule has 0 aromatic heterocycles. The molecule has 0 aliphatic carbocycles. The first-order valence-electron chi connectivity index (χ1n) is 5.84. The molecule has 0 aliphatic heterocycles. The van der Waals surface area contributed by atoms with Gasteiger partial charge in [-0.25, -0.2) is 14.4 Å². The maximum atomic E-state index is 10.5. The van der Waals surface area contributed by atoms with Gasteiger partial charge in [0.15, 0.2) is 0 Å². The smallest absolute Gasteiger partial charge is 0.404 e. The third kappa shape index (κ3) is 27.0. The summed E-state index contributed by atoms with van der Waals surface area (Å²) >= 11 is 0. The van der Waals surface area contributed by atoms with E-state index in [-0.39, 0.29) is 18.8 Å². The Kier molecular flexibility index (Phi) is 17.7. The molecule has 0 radical (unpaired) electrons. The van der Waals surface area contributed by atoms with Crippen molar-refractivity contribution < 1.29 is 34.1 Å². The monoisotopic (exact) mass is 305 g/mol. The second-order valence-electron chi connectivity index (χ2n) is 3.48. The lowest BCUT2D eigenvalue weighted by Gasteiger charge is -1.99. The Labute approximate surface area is 123 Å². The van der Waals surface area contributed by atoms with Crippen molar-refractivity contribution in [2.75, 3.05) is 19.8 Å². The first kappa shape index (κ1) is 23.7. The highest BCUT2D eigenvalue weighted by Crippen LogP contribution is 1.89. The molecule has 0 saturated carbocycles. The van der Waals surface area contributed by atoms with Gasteiger partial charge in [0.2, 0.25) is 0 Å². The second-order valence-corrected chi connectivity index (χ2v) is 3.48. The highest BCUT2D eigenvalue weighted by atomic mass is 16.5. The minimum absolute atomic E-state index is 0.0473. The molecule has 0 spiro atoms. The molecule has 122 valence electrons. The summed E-state index contributed by atoms with van der Waals surface area (Å²) in [7, 11) is 0. The van der Waals surface area contributed by atoms with Crippen LogP contribution in [0.2, 0.25) is 0 Å². The number of aliphatic hydroxyl groups is 1. The molecular weight excluding hydrogens is 282 g/mol. The highest BCUT2D eigenvalue weighted by molar-refractivity contribution is 5.86. The Bertz CT molecular complexity index is 352. The van der Waals surface area contributed by atoms with Crippen LogP contribution in [0.5, 0.6) is 0 Å². The van der Waals surface area contributed by atoms with E-state index in [1.807, 2.05) is 0 Å². The topological polar surface area (TPSA) is 136 Å². The molecule has 1 amide bonds. The van der Waals surface area contributed by atoms with Gasteiger partial charge in [-0.3, -0.25) is 0 Å². The fourth-order valence-electron chi connectivity index (χ4n) is 0.404. The molecular formula is C13H23NO7. The first-order valence-corrected chi connectivity index (χ1v) is 5.84. The lowest BCUT2D eigenvalue weighted by Crippen LogP contribution is -2.11. The number of hydrogen-bond acceptors (Lipinski definition) is 6. The van der Waals surface area contributed by atoms with Gasteiger partial charge in [0.05, 0.1) is 13.2 Å². The number of carboxylic acids is 1. The molecule has 0 unspecified atom stereocenters. The van der Waals surface area contributed by atoms with Gasteiger partial charge in [-0.2, -0.15) is 0 Å². The molecule has 0 bridgehead atoms.